The summed E-state index contributed by atoms with van der Waals surface area (Å²) in [6.45, 7) is 5.10. The molecule has 5 nitrogen and oxygen atoms in total. The molecule has 1 aromatic rings. The molecule has 0 saturated heterocycles. The zero-order valence-corrected chi connectivity index (χ0v) is 13.7. The maximum atomic E-state index is 12.3. The van der Waals surface area contributed by atoms with Gasteiger partial charge in [0.25, 0.3) is 5.91 Å². The Labute approximate surface area is 127 Å². The average Bonchev–Trinajstić information content (AvgIpc) is 2.50. The summed E-state index contributed by atoms with van der Waals surface area (Å²) in [6.07, 6.45) is 2.63. The minimum absolute atomic E-state index is 0.180. The molecule has 1 amide bonds. The summed E-state index contributed by atoms with van der Waals surface area (Å²) in [4.78, 5) is 12.0. The number of unbranched alkanes of at least 4 members (excludes halogenated alkanes) is 1. The van der Waals surface area contributed by atoms with Crippen LogP contribution in [0.15, 0.2) is 29.2 Å². The van der Waals surface area contributed by atoms with Gasteiger partial charge in [0.1, 0.15) is 0 Å². The van der Waals surface area contributed by atoms with Crippen LogP contribution in [0.4, 0.5) is 0 Å². The van der Waals surface area contributed by atoms with Crippen molar-refractivity contribution in [3.8, 4) is 0 Å². The van der Waals surface area contributed by atoms with Crippen LogP contribution < -0.4 is 5.32 Å². The lowest BCUT2D eigenvalue weighted by molar-refractivity contribution is 0.0953. The van der Waals surface area contributed by atoms with Crippen molar-refractivity contribution in [2.45, 2.75) is 38.0 Å². The number of nitrogens with one attached hydrogen (secondary N) is 1. The van der Waals surface area contributed by atoms with Crippen molar-refractivity contribution in [3.63, 3.8) is 0 Å². The number of nitrogens with zero attached hydrogens (tertiary/aromatic N) is 1. The molecule has 0 unspecified atom stereocenters. The molecule has 118 valence electrons. The van der Waals surface area contributed by atoms with Crippen LogP contribution in [0.3, 0.4) is 0 Å². The topological polar surface area (TPSA) is 66.5 Å². The van der Waals surface area contributed by atoms with Gasteiger partial charge in [-0.2, -0.15) is 0 Å². The molecule has 0 fully saturated rings. The molecule has 0 radical (unpaired) electrons. The second kappa shape index (κ2) is 8.14. The van der Waals surface area contributed by atoms with E-state index in [1.165, 1.54) is 16.4 Å². The Kier molecular flexibility index (Phi) is 6.84. The lowest BCUT2D eigenvalue weighted by Gasteiger charge is -2.16. The molecule has 6 heteroatoms. The van der Waals surface area contributed by atoms with Crippen LogP contribution in [0, 0.1) is 0 Å². The van der Waals surface area contributed by atoms with E-state index in [4.69, 9.17) is 0 Å². The molecule has 0 aliphatic heterocycles. The predicted octanol–water partition coefficient (Wildman–Crippen LogP) is 2.25. The van der Waals surface area contributed by atoms with Crippen LogP contribution >= 0.6 is 0 Å². The monoisotopic (exact) mass is 312 g/mol. The first-order chi connectivity index (χ1) is 9.93. The van der Waals surface area contributed by atoms with Crippen molar-refractivity contribution < 1.29 is 13.2 Å². The number of carbonyl (C=O) groups is 1. The van der Waals surface area contributed by atoms with Gasteiger partial charge in [-0.15, -0.1) is 0 Å². The van der Waals surface area contributed by atoms with Gasteiger partial charge in [0.05, 0.1) is 4.90 Å². The summed E-state index contributed by atoms with van der Waals surface area (Å²) >= 11 is 0. The van der Waals surface area contributed by atoms with E-state index in [0.29, 0.717) is 18.7 Å². The Morgan fingerprint density at radius 1 is 1.14 bits per heavy atom. The highest BCUT2D eigenvalue weighted by Gasteiger charge is 2.20. The van der Waals surface area contributed by atoms with Gasteiger partial charge in [0.15, 0.2) is 0 Å². The van der Waals surface area contributed by atoms with Crippen molar-refractivity contribution >= 4 is 15.9 Å². The number of hydrogen-bond donors (Lipinski definition) is 1. The summed E-state index contributed by atoms with van der Waals surface area (Å²) in [5.41, 5.74) is 0.471. The van der Waals surface area contributed by atoms with E-state index in [2.05, 4.69) is 5.32 Å². The molecule has 0 aliphatic carbocycles. The standard InChI is InChI=1S/C15H24N2O3S/c1-4-6-12-17(3)21(19,20)14-9-7-13(8-10-14)15(18)16-11-5-2/h7-10H,4-6,11-12H2,1-3H3,(H,16,18). The maximum absolute atomic E-state index is 12.3. The van der Waals surface area contributed by atoms with Gasteiger partial charge in [0.2, 0.25) is 10.0 Å². The van der Waals surface area contributed by atoms with Crippen molar-refractivity contribution in [2.75, 3.05) is 20.1 Å². The lowest BCUT2D eigenvalue weighted by atomic mass is 10.2. The highest BCUT2D eigenvalue weighted by Crippen LogP contribution is 2.15. The summed E-state index contributed by atoms with van der Waals surface area (Å²) in [5, 5.41) is 2.76. The summed E-state index contributed by atoms with van der Waals surface area (Å²) < 4.78 is 26.0. The van der Waals surface area contributed by atoms with Crippen molar-refractivity contribution in [1.82, 2.24) is 9.62 Å². The maximum Gasteiger partial charge on any atom is 0.251 e. The predicted molar refractivity (Wildman–Crippen MR) is 83.8 cm³/mol. The third-order valence-corrected chi connectivity index (χ3v) is 5.06. The normalized spacial score (nSPS) is 11.6. The van der Waals surface area contributed by atoms with Crippen LogP contribution in [0.1, 0.15) is 43.5 Å². The lowest BCUT2D eigenvalue weighted by Crippen LogP contribution is -2.28. The molecule has 21 heavy (non-hydrogen) atoms. The fraction of sp³-hybridized carbons (Fsp3) is 0.533. The van der Waals surface area contributed by atoms with E-state index in [-0.39, 0.29) is 10.8 Å². The minimum atomic E-state index is -3.47. The zero-order chi connectivity index (χ0) is 15.9. The number of sulfonamides is 1. The highest BCUT2D eigenvalue weighted by molar-refractivity contribution is 7.89. The van der Waals surface area contributed by atoms with Crippen molar-refractivity contribution in [2.24, 2.45) is 0 Å². The quantitative estimate of drug-likeness (QED) is 0.800. The molecule has 0 atom stereocenters. The van der Waals surface area contributed by atoms with E-state index >= 15 is 0 Å². The highest BCUT2D eigenvalue weighted by atomic mass is 32.2. The third kappa shape index (κ3) is 4.82. The number of benzene rings is 1. The van der Waals surface area contributed by atoms with Crippen LogP contribution in [0.25, 0.3) is 0 Å². The van der Waals surface area contributed by atoms with Gasteiger partial charge in [-0.25, -0.2) is 12.7 Å². The number of rotatable bonds is 8. The Morgan fingerprint density at radius 2 is 1.76 bits per heavy atom. The molecule has 1 aromatic carbocycles. The SMILES string of the molecule is CCCCN(C)S(=O)(=O)c1ccc(C(=O)NCCC)cc1. The van der Waals surface area contributed by atoms with E-state index in [1.54, 1.807) is 19.2 Å². The number of amides is 1. The molecule has 0 spiro atoms. The number of carbonyl (C=O) groups excluding carboxylic acids is 1. The first kappa shape index (κ1) is 17.7. The fourth-order valence-electron chi connectivity index (χ4n) is 1.80. The fourth-order valence-corrected chi connectivity index (χ4v) is 3.01. The van der Waals surface area contributed by atoms with Crippen LogP contribution in [0.5, 0.6) is 0 Å². The molecular formula is C15H24N2O3S. The molecule has 0 aromatic heterocycles. The van der Waals surface area contributed by atoms with Crippen LogP contribution in [0.2, 0.25) is 0 Å². The molecule has 0 heterocycles. The Morgan fingerprint density at radius 3 is 2.29 bits per heavy atom. The van der Waals surface area contributed by atoms with Crippen molar-refractivity contribution in [1.29, 1.82) is 0 Å². The molecule has 0 aliphatic rings. The first-order valence-corrected chi connectivity index (χ1v) is 8.72. The molecular weight excluding hydrogens is 288 g/mol. The van der Waals surface area contributed by atoms with Gasteiger partial charge in [-0.3, -0.25) is 4.79 Å². The van der Waals surface area contributed by atoms with Gasteiger partial charge < -0.3 is 5.32 Å². The minimum Gasteiger partial charge on any atom is -0.352 e. The molecule has 0 saturated carbocycles. The second-order valence-electron chi connectivity index (χ2n) is 4.96. The molecule has 0 bridgehead atoms. The first-order valence-electron chi connectivity index (χ1n) is 7.28. The smallest absolute Gasteiger partial charge is 0.251 e. The van der Waals surface area contributed by atoms with Gasteiger partial charge in [-0.05, 0) is 37.1 Å². The number of hydrogen-bond acceptors (Lipinski definition) is 3. The van der Waals surface area contributed by atoms with Crippen LogP contribution in [-0.4, -0.2) is 38.8 Å². The Bertz CT molecular complexity index is 553. The van der Waals surface area contributed by atoms with E-state index < -0.39 is 10.0 Å². The van der Waals surface area contributed by atoms with E-state index in [9.17, 15) is 13.2 Å². The molecule has 1 rings (SSSR count). The Balaban J connectivity index is 2.83. The van der Waals surface area contributed by atoms with Gasteiger partial charge in [-0.1, -0.05) is 20.3 Å². The summed E-state index contributed by atoms with van der Waals surface area (Å²) in [5.74, 6) is -0.180. The Hall–Kier alpha value is -1.40. The second-order valence-corrected chi connectivity index (χ2v) is 7.01. The van der Waals surface area contributed by atoms with Crippen LogP contribution in [-0.2, 0) is 10.0 Å². The summed E-state index contributed by atoms with van der Waals surface area (Å²) in [7, 11) is -1.89. The van der Waals surface area contributed by atoms with Gasteiger partial charge in [0, 0.05) is 25.7 Å². The average molecular weight is 312 g/mol. The molecule has 1 N–H and O–H groups in total. The zero-order valence-electron chi connectivity index (χ0n) is 12.9. The van der Waals surface area contributed by atoms with E-state index in [1.807, 2.05) is 13.8 Å². The largest absolute Gasteiger partial charge is 0.352 e. The van der Waals surface area contributed by atoms with Gasteiger partial charge >= 0.3 is 0 Å². The van der Waals surface area contributed by atoms with Crippen molar-refractivity contribution in [3.05, 3.63) is 29.8 Å². The van der Waals surface area contributed by atoms with E-state index in [0.717, 1.165) is 19.3 Å². The third-order valence-electron chi connectivity index (χ3n) is 3.19. The summed E-state index contributed by atoms with van der Waals surface area (Å²) in [6, 6.07) is 6.06.